The van der Waals surface area contributed by atoms with E-state index in [1.807, 2.05) is 63.2 Å². The molecule has 2 aromatic rings. The Hall–Kier alpha value is -2.16. The summed E-state index contributed by atoms with van der Waals surface area (Å²) in [6.07, 6.45) is 0.167. The first-order valence-corrected chi connectivity index (χ1v) is 9.08. The molecule has 0 bridgehead atoms. The van der Waals surface area contributed by atoms with Gasteiger partial charge in [0.15, 0.2) is 17.5 Å². The molecule has 0 unspecified atom stereocenters. The van der Waals surface area contributed by atoms with Gasteiger partial charge in [-0.25, -0.2) is 4.99 Å². The number of ether oxygens (including phenoxy) is 3. The molecule has 2 N–H and O–H groups in total. The Balaban J connectivity index is 0.00000392. The van der Waals surface area contributed by atoms with Gasteiger partial charge >= 0.3 is 0 Å². The molecule has 0 aromatic heterocycles. The van der Waals surface area contributed by atoms with Gasteiger partial charge in [0.25, 0.3) is 0 Å². The molecule has 0 aliphatic rings. The Morgan fingerprint density at radius 1 is 1.00 bits per heavy atom. The number of nitrogens with one attached hydrogen (secondary N) is 2. The summed E-state index contributed by atoms with van der Waals surface area (Å²) in [4.78, 5) is 4.65. The number of hydrogen-bond donors (Lipinski definition) is 2. The van der Waals surface area contributed by atoms with Gasteiger partial charge in [0.2, 0.25) is 0 Å². The zero-order valence-electron chi connectivity index (χ0n) is 17.1. The molecule has 2 aromatic carbocycles. The van der Waals surface area contributed by atoms with Gasteiger partial charge in [0.1, 0.15) is 5.75 Å². The monoisotopic (exact) mass is 499 g/mol. The molecule has 7 heteroatoms. The van der Waals surface area contributed by atoms with Crippen molar-refractivity contribution in [2.75, 3.05) is 26.1 Å². The molecule has 6 nitrogen and oxygen atoms in total. The Morgan fingerprint density at radius 3 is 2.25 bits per heavy atom. The molecular formula is C21H30IN3O3. The molecule has 0 fully saturated rings. The van der Waals surface area contributed by atoms with Gasteiger partial charge in [-0.2, -0.15) is 0 Å². The van der Waals surface area contributed by atoms with Crippen molar-refractivity contribution in [1.82, 2.24) is 5.32 Å². The fourth-order valence-corrected chi connectivity index (χ4v) is 2.47. The van der Waals surface area contributed by atoms with E-state index in [2.05, 4.69) is 15.6 Å². The third kappa shape index (κ3) is 7.46. The SMILES string of the molecule is CCNC(=NCc1ccc(OC(C)C)cc1)Nc1ccc(OC)c(OC)c1.I. The summed E-state index contributed by atoms with van der Waals surface area (Å²) in [7, 11) is 3.24. The number of anilines is 1. The summed E-state index contributed by atoms with van der Waals surface area (Å²) < 4.78 is 16.3. The van der Waals surface area contributed by atoms with E-state index < -0.39 is 0 Å². The highest BCUT2D eigenvalue weighted by Crippen LogP contribution is 2.29. The summed E-state index contributed by atoms with van der Waals surface area (Å²) >= 11 is 0. The maximum atomic E-state index is 5.67. The highest BCUT2D eigenvalue weighted by atomic mass is 127. The molecule has 0 aliphatic carbocycles. The number of hydrogen-bond acceptors (Lipinski definition) is 4. The van der Waals surface area contributed by atoms with E-state index in [4.69, 9.17) is 14.2 Å². The van der Waals surface area contributed by atoms with Gasteiger partial charge in [-0.3, -0.25) is 0 Å². The Kier molecular flexibility index (Phi) is 10.5. The minimum Gasteiger partial charge on any atom is -0.493 e. The summed E-state index contributed by atoms with van der Waals surface area (Å²) in [5.41, 5.74) is 1.98. The fourth-order valence-electron chi connectivity index (χ4n) is 2.47. The van der Waals surface area contributed by atoms with Crippen LogP contribution < -0.4 is 24.8 Å². The average Bonchev–Trinajstić information content (AvgIpc) is 2.67. The molecule has 0 saturated carbocycles. The van der Waals surface area contributed by atoms with Crippen molar-refractivity contribution in [1.29, 1.82) is 0 Å². The smallest absolute Gasteiger partial charge is 0.196 e. The van der Waals surface area contributed by atoms with Gasteiger partial charge in [0.05, 0.1) is 26.9 Å². The molecule has 0 atom stereocenters. The molecule has 0 aliphatic heterocycles. The predicted molar refractivity (Wildman–Crippen MR) is 126 cm³/mol. The number of halogens is 1. The number of guanidine groups is 1. The van der Waals surface area contributed by atoms with Crippen LogP contribution in [-0.2, 0) is 6.54 Å². The van der Waals surface area contributed by atoms with Crippen LogP contribution in [0.5, 0.6) is 17.2 Å². The van der Waals surface area contributed by atoms with E-state index in [9.17, 15) is 0 Å². The minimum atomic E-state index is 0. The van der Waals surface area contributed by atoms with Crippen molar-refractivity contribution in [3.05, 3.63) is 48.0 Å². The quantitative estimate of drug-likeness (QED) is 0.314. The number of rotatable bonds is 8. The first-order chi connectivity index (χ1) is 13.0. The van der Waals surface area contributed by atoms with Crippen LogP contribution in [0.4, 0.5) is 5.69 Å². The highest BCUT2D eigenvalue weighted by Gasteiger charge is 2.06. The third-order valence-electron chi connectivity index (χ3n) is 3.71. The zero-order chi connectivity index (χ0) is 19.6. The highest BCUT2D eigenvalue weighted by molar-refractivity contribution is 14.0. The zero-order valence-corrected chi connectivity index (χ0v) is 19.4. The minimum absolute atomic E-state index is 0. The van der Waals surface area contributed by atoms with Gasteiger partial charge < -0.3 is 24.8 Å². The molecule has 154 valence electrons. The molecule has 0 spiro atoms. The standard InChI is InChI=1S/C21H29N3O3.HI/c1-6-22-21(24-17-9-12-19(25-4)20(13-17)26-5)23-14-16-7-10-18(11-8-16)27-15(2)3;/h7-13,15H,6,14H2,1-5H3,(H2,22,23,24);1H. The van der Waals surface area contributed by atoms with Gasteiger partial charge in [-0.1, -0.05) is 12.1 Å². The van der Waals surface area contributed by atoms with Crippen molar-refractivity contribution in [2.24, 2.45) is 4.99 Å². The molecular weight excluding hydrogens is 469 g/mol. The lowest BCUT2D eigenvalue weighted by molar-refractivity contribution is 0.242. The molecule has 0 heterocycles. The second-order valence-electron chi connectivity index (χ2n) is 6.20. The third-order valence-corrected chi connectivity index (χ3v) is 3.71. The average molecular weight is 499 g/mol. The van der Waals surface area contributed by atoms with E-state index in [0.717, 1.165) is 23.5 Å². The second-order valence-corrected chi connectivity index (χ2v) is 6.20. The van der Waals surface area contributed by atoms with Gasteiger partial charge in [-0.15, -0.1) is 24.0 Å². The van der Waals surface area contributed by atoms with Crippen LogP contribution in [0.3, 0.4) is 0 Å². The molecule has 28 heavy (non-hydrogen) atoms. The molecule has 2 rings (SSSR count). The number of methoxy groups -OCH3 is 2. The maximum absolute atomic E-state index is 5.67. The summed E-state index contributed by atoms with van der Waals surface area (Å²) in [5, 5.41) is 6.54. The van der Waals surface area contributed by atoms with Crippen LogP contribution >= 0.6 is 24.0 Å². The topological polar surface area (TPSA) is 64.1 Å². The van der Waals surface area contributed by atoms with Crippen molar-refractivity contribution in [3.63, 3.8) is 0 Å². The van der Waals surface area contributed by atoms with E-state index in [1.54, 1.807) is 14.2 Å². The van der Waals surface area contributed by atoms with Crippen LogP contribution in [0, 0.1) is 0 Å². The van der Waals surface area contributed by atoms with E-state index in [1.165, 1.54) is 0 Å². The molecule has 0 saturated heterocycles. The lowest BCUT2D eigenvalue weighted by Crippen LogP contribution is -2.30. The van der Waals surface area contributed by atoms with Crippen LogP contribution in [0.2, 0.25) is 0 Å². The van der Waals surface area contributed by atoms with Crippen molar-refractivity contribution in [2.45, 2.75) is 33.4 Å². The van der Waals surface area contributed by atoms with Crippen LogP contribution in [0.1, 0.15) is 26.3 Å². The van der Waals surface area contributed by atoms with E-state index >= 15 is 0 Å². The maximum Gasteiger partial charge on any atom is 0.196 e. The lowest BCUT2D eigenvalue weighted by Gasteiger charge is -2.14. The van der Waals surface area contributed by atoms with Gasteiger partial charge in [-0.05, 0) is 50.6 Å². The fraction of sp³-hybridized carbons (Fsp3) is 0.381. The Labute approximate surface area is 184 Å². The molecule has 0 radical (unpaired) electrons. The van der Waals surface area contributed by atoms with E-state index in [-0.39, 0.29) is 30.1 Å². The summed E-state index contributed by atoms with van der Waals surface area (Å²) in [6, 6.07) is 13.7. The van der Waals surface area contributed by atoms with Crippen molar-refractivity contribution < 1.29 is 14.2 Å². The molecule has 0 amide bonds. The van der Waals surface area contributed by atoms with Gasteiger partial charge in [0, 0.05) is 18.3 Å². The predicted octanol–water partition coefficient (Wildman–Crippen LogP) is 4.69. The number of benzene rings is 2. The van der Waals surface area contributed by atoms with Crippen molar-refractivity contribution in [3.8, 4) is 17.2 Å². The first kappa shape index (κ1) is 23.9. The second kappa shape index (κ2) is 12.3. The van der Waals surface area contributed by atoms with Crippen LogP contribution in [0.25, 0.3) is 0 Å². The number of aliphatic imine (C=N–C) groups is 1. The Bertz CT molecular complexity index is 749. The summed E-state index contributed by atoms with van der Waals surface area (Å²) in [6.45, 7) is 7.39. The normalized spacial score (nSPS) is 10.9. The lowest BCUT2D eigenvalue weighted by atomic mass is 10.2. The van der Waals surface area contributed by atoms with Crippen LogP contribution in [-0.4, -0.2) is 32.8 Å². The first-order valence-electron chi connectivity index (χ1n) is 9.08. The Morgan fingerprint density at radius 2 is 1.68 bits per heavy atom. The summed E-state index contributed by atoms with van der Waals surface area (Å²) in [5.74, 6) is 2.92. The van der Waals surface area contributed by atoms with Crippen molar-refractivity contribution >= 4 is 35.6 Å². The van der Waals surface area contributed by atoms with E-state index in [0.29, 0.717) is 24.0 Å². The number of nitrogens with zero attached hydrogens (tertiary/aromatic N) is 1. The largest absolute Gasteiger partial charge is 0.493 e. The van der Waals surface area contributed by atoms with Crippen LogP contribution in [0.15, 0.2) is 47.5 Å².